The molecule has 9 heavy (non-hydrogen) atoms. The van der Waals surface area contributed by atoms with Gasteiger partial charge < -0.3 is 0 Å². The Morgan fingerprint density at radius 1 is 1.56 bits per heavy atom. The zero-order valence-corrected chi connectivity index (χ0v) is 8.51. The van der Waals surface area contributed by atoms with Crippen LogP contribution in [0.15, 0.2) is 0 Å². The first-order valence-corrected chi connectivity index (χ1v) is 8.05. The maximum absolute atomic E-state index is 5.47. The van der Waals surface area contributed by atoms with E-state index in [-0.39, 0.29) is 0 Å². The van der Waals surface area contributed by atoms with Gasteiger partial charge in [0.2, 0.25) is 0 Å². The van der Waals surface area contributed by atoms with Gasteiger partial charge in [0.1, 0.15) is 0 Å². The van der Waals surface area contributed by atoms with Crippen molar-refractivity contribution in [3.63, 3.8) is 0 Å². The summed E-state index contributed by atoms with van der Waals surface area (Å²) in [4.78, 5) is 0. The zero-order valence-electron chi connectivity index (χ0n) is 5.26. The van der Waals surface area contributed by atoms with Crippen LogP contribution in [0, 0.1) is 0 Å². The van der Waals surface area contributed by atoms with Gasteiger partial charge in [-0.1, -0.05) is 0 Å². The molecule has 0 saturated heterocycles. The van der Waals surface area contributed by atoms with Crippen LogP contribution in [0.4, 0.5) is 0 Å². The third-order valence-electron chi connectivity index (χ3n) is 0.820. The molecule has 0 radical (unpaired) electrons. The van der Waals surface area contributed by atoms with Gasteiger partial charge >= 0.3 is 68.9 Å². The van der Waals surface area contributed by atoms with Gasteiger partial charge in [0.25, 0.3) is 0 Å². The fraction of sp³-hybridized carbons (Fsp3) is 0.800. The van der Waals surface area contributed by atoms with Crippen LogP contribution in [0.5, 0.6) is 0 Å². The Labute approximate surface area is 68.9 Å². The molecular formula is C5H10Cl2NRu+. The van der Waals surface area contributed by atoms with E-state index in [0.29, 0.717) is 0 Å². The van der Waals surface area contributed by atoms with Gasteiger partial charge in [-0.3, -0.25) is 0 Å². The Morgan fingerprint density at radius 3 is 2.67 bits per heavy atom. The summed E-state index contributed by atoms with van der Waals surface area (Å²) < 4.78 is 3.91. The van der Waals surface area contributed by atoms with Crippen molar-refractivity contribution >= 4 is 25.6 Å². The fourth-order valence-corrected chi connectivity index (χ4v) is 1.43. The summed E-state index contributed by atoms with van der Waals surface area (Å²) in [5, 5.41) is 0. The third-order valence-corrected chi connectivity index (χ3v) is 2.29. The third kappa shape index (κ3) is 8.78. The van der Waals surface area contributed by atoms with Crippen LogP contribution in [0.25, 0.3) is 0 Å². The average Bonchev–Trinajstić information content (AvgIpc) is 1.80. The van der Waals surface area contributed by atoms with Crippen LogP contribution in [0.2, 0.25) is 0 Å². The molecule has 0 amide bonds. The fourth-order valence-electron chi connectivity index (χ4n) is 0.390. The van der Waals surface area contributed by atoms with E-state index < -0.39 is 13.8 Å². The van der Waals surface area contributed by atoms with E-state index in [1.807, 2.05) is 6.21 Å². The zero-order chi connectivity index (χ0) is 7.11. The van der Waals surface area contributed by atoms with Gasteiger partial charge in [-0.25, -0.2) is 0 Å². The maximum atomic E-state index is 5.47. The van der Waals surface area contributed by atoms with Crippen molar-refractivity contribution in [3.05, 3.63) is 0 Å². The van der Waals surface area contributed by atoms with Crippen LogP contribution in [0.1, 0.15) is 26.2 Å². The number of hydrogen-bond donors (Lipinski definition) is 0. The Bertz CT molecular complexity index is 125. The van der Waals surface area contributed by atoms with Gasteiger partial charge in [0.05, 0.1) is 0 Å². The molecule has 56 valence electrons. The van der Waals surface area contributed by atoms with Crippen molar-refractivity contribution in [1.29, 1.82) is 0 Å². The van der Waals surface area contributed by atoms with E-state index in [9.17, 15) is 0 Å². The summed E-state index contributed by atoms with van der Waals surface area (Å²) in [6.45, 7) is 2.14. The van der Waals surface area contributed by atoms with Gasteiger partial charge in [-0.15, -0.1) is 0 Å². The second-order valence-corrected chi connectivity index (χ2v) is 6.68. The number of hydrogen-bond acceptors (Lipinski definition) is 0. The molecule has 0 unspecified atom stereocenters. The standard InChI is InChI=1S/C5H10N.2ClH.Ru/c1-2-3-4-5-6;;;/h5H,2-4H2,1H3;2*1H;/q-1;;;+4/p-2. The Kier molecular flexibility index (Phi) is 7.50. The molecule has 0 aromatic heterocycles. The first-order chi connectivity index (χ1) is 4.27. The van der Waals surface area contributed by atoms with Crippen molar-refractivity contribution in [1.82, 2.24) is 3.36 Å². The summed E-state index contributed by atoms with van der Waals surface area (Å²) in [5.74, 6) is 0. The van der Waals surface area contributed by atoms with E-state index >= 15 is 0 Å². The van der Waals surface area contributed by atoms with Crippen molar-refractivity contribution < 1.29 is 13.8 Å². The quantitative estimate of drug-likeness (QED) is 0.318. The van der Waals surface area contributed by atoms with E-state index in [2.05, 4.69) is 10.3 Å². The van der Waals surface area contributed by atoms with Gasteiger partial charge in [-0.2, -0.15) is 0 Å². The molecule has 0 bridgehead atoms. The number of halogens is 2. The molecule has 0 atom stereocenters. The predicted octanol–water partition coefficient (Wildman–Crippen LogP) is 2.42. The molecule has 0 rings (SSSR count). The molecular weight excluding hydrogens is 246 g/mol. The van der Waals surface area contributed by atoms with Crippen LogP contribution in [-0.2, 0) is 13.8 Å². The van der Waals surface area contributed by atoms with Crippen LogP contribution in [-0.4, -0.2) is 6.21 Å². The molecule has 0 aromatic carbocycles. The molecule has 4 heteroatoms. The molecule has 0 heterocycles. The second-order valence-electron chi connectivity index (χ2n) is 1.59. The van der Waals surface area contributed by atoms with Gasteiger partial charge in [-0.05, 0) is 0 Å². The minimum absolute atomic E-state index is 1.01. The number of nitrogens with zero attached hydrogens (tertiary/aromatic N) is 1. The number of unbranched alkanes of at least 4 members (excludes halogenated alkanes) is 2. The monoisotopic (exact) mass is 256 g/mol. The summed E-state index contributed by atoms with van der Waals surface area (Å²) in [6.07, 6.45) is 5.23. The van der Waals surface area contributed by atoms with Crippen molar-refractivity contribution in [3.8, 4) is 0 Å². The molecule has 0 fully saturated rings. The minimum atomic E-state index is -1.74. The normalized spacial score (nSPS) is 10.3. The molecule has 0 aliphatic carbocycles. The van der Waals surface area contributed by atoms with E-state index in [4.69, 9.17) is 19.4 Å². The van der Waals surface area contributed by atoms with E-state index in [1.165, 1.54) is 12.8 Å². The molecule has 0 aliphatic rings. The summed E-state index contributed by atoms with van der Waals surface area (Å²) in [5.41, 5.74) is 0. The van der Waals surface area contributed by atoms with Crippen LogP contribution < -0.4 is 3.36 Å². The first kappa shape index (κ1) is 9.78. The Hall–Kier alpha value is 0.783. The van der Waals surface area contributed by atoms with Gasteiger partial charge in [0, 0.05) is 0 Å². The second kappa shape index (κ2) is 6.90. The van der Waals surface area contributed by atoms with Crippen molar-refractivity contribution in [2.24, 2.45) is 0 Å². The topological polar surface area (TPSA) is 14.1 Å². The summed E-state index contributed by atoms with van der Waals surface area (Å²) in [7, 11) is 10.9. The van der Waals surface area contributed by atoms with Crippen molar-refractivity contribution in [2.75, 3.05) is 0 Å². The van der Waals surface area contributed by atoms with Crippen LogP contribution >= 0.6 is 19.4 Å². The first-order valence-electron chi connectivity index (χ1n) is 2.80. The molecule has 0 saturated carbocycles. The Balaban J connectivity index is 3.36. The SMILES string of the molecule is CCCCC=[N+]=[Ru]([Cl])[Cl]. The molecule has 1 nitrogen and oxygen atoms in total. The van der Waals surface area contributed by atoms with Gasteiger partial charge in [0.15, 0.2) is 0 Å². The summed E-state index contributed by atoms with van der Waals surface area (Å²) >= 11 is -1.74. The predicted molar refractivity (Wildman–Crippen MR) is 39.4 cm³/mol. The van der Waals surface area contributed by atoms with Crippen LogP contribution in [0.3, 0.4) is 0 Å². The molecule has 0 N–H and O–H groups in total. The van der Waals surface area contributed by atoms with E-state index in [1.54, 1.807) is 0 Å². The Morgan fingerprint density at radius 2 is 2.22 bits per heavy atom. The van der Waals surface area contributed by atoms with Crippen molar-refractivity contribution in [2.45, 2.75) is 26.2 Å². The number of rotatable bonds is 3. The molecule has 0 aliphatic heterocycles. The molecule has 0 aromatic rings. The molecule has 0 spiro atoms. The van der Waals surface area contributed by atoms with E-state index in [0.717, 1.165) is 6.42 Å². The summed E-state index contributed by atoms with van der Waals surface area (Å²) in [6, 6.07) is 0. The average molecular weight is 256 g/mol.